The van der Waals surface area contributed by atoms with Gasteiger partial charge in [0.15, 0.2) is 10.8 Å². The molecule has 1 aliphatic heterocycles. The fourth-order valence-corrected chi connectivity index (χ4v) is 3.53. The summed E-state index contributed by atoms with van der Waals surface area (Å²) in [5.41, 5.74) is 2.96. The molecule has 1 aromatic rings. The minimum atomic E-state index is -5.01. The van der Waals surface area contributed by atoms with Crippen molar-refractivity contribution in [3.05, 3.63) is 11.1 Å². The Bertz CT molecular complexity index is 976. The number of thiazole rings is 1. The molecule has 0 unspecified atom stereocenters. The summed E-state index contributed by atoms with van der Waals surface area (Å²) in [6.45, 7) is 0.930. The molecule has 2 amide bonds. The third-order valence-corrected chi connectivity index (χ3v) is 5.34. The number of carbonyl (C=O) groups excluding carboxylic acids is 2. The van der Waals surface area contributed by atoms with Crippen LogP contribution in [0.5, 0.6) is 0 Å². The van der Waals surface area contributed by atoms with Crippen LogP contribution in [0.4, 0.5) is 9.52 Å². The van der Waals surface area contributed by atoms with Crippen LogP contribution in [0.15, 0.2) is 10.5 Å². The highest BCUT2D eigenvalue weighted by molar-refractivity contribution is 7.84. The lowest BCUT2D eigenvalue weighted by atomic mass is 10.00. The summed E-state index contributed by atoms with van der Waals surface area (Å²) in [7, 11) is -5.01. The molecular weight excluding hydrogens is 437 g/mol. The van der Waals surface area contributed by atoms with Crippen molar-refractivity contribution in [1.29, 1.82) is 0 Å². The van der Waals surface area contributed by atoms with Gasteiger partial charge in [-0.05, 0) is 13.8 Å². The molecule has 0 aliphatic carbocycles. The van der Waals surface area contributed by atoms with E-state index in [1.165, 1.54) is 5.38 Å². The summed E-state index contributed by atoms with van der Waals surface area (Å²) in [6.07, 6.45) is 0. The Balaban J connectivity index is 2.29. The number of hydrogen-bond acceptors (Lipinski definition) is 10. The summed E-state index contributed by atoms with van der Waals surface area (Å²) in [5.74, 6) is -3.80. The Morgan fingerprint density at radius 2 is 2.14 bits per heavy atom. The van der Waals surface area contributed by atoms with E-state index in [4.69, 9.17) is 20.2 Å². The van der Waals surface area contributed by atoms with Crippen LogP contribution in [0.1, 0.15) is 19.5 Å². The van der Waals surface area contributed by atoms with Crippen molar-refractivity contribution in [2.45, 2.75) is 31.5 Å². The molecule has 2 rings (SSSR count). The minimum absolute atomic E-state index is 0.0388. The largest absolute Gasteiger partial charge is 0.478 e. The number of carbonyl (C=O) groups is 3. The second-order valence-electron chi connectivity index (χ2n) is 6.20. The van der Waals surface area contributed by atoms with Gasteiger partial charge in [-0.25, -0.2) is 18.5 Å². The number of oxime groups is 1. The summed E-state index contributed by atoms with van der Waals surface area (Å²) in [6, 6.07) is -3.29. The van der Waals surface area contributed by atoms with Crippen LogP contribution in [-0.4, -0.2) is 75.2 Å². The topological polar surface area (TPSA) is 202 Å². The molecular formula is C13H16FN5O8S2. The summed E-state index contributed by atoms with van der Waals surface area (Å²) < 4.78 is 44.2. The first kappa shape index (κ1) is 22.4. The second-order valence-corrected chi connectivity index (χ2v) is 8.38. The van der Waals surface area contributed by atoms with Gasteiger partial charge in [0.05, 0.1) is 0 Å². The monoisotopic (exact) mass is 453 g/mol. The maximum absolute atomic E-state index is 13.1. The van der Waals surface area contributed by atoms with Crippen molar-refractivity contribution in [1.82, 2.24) is 14.6 Å². The van der Waals surface area contributed by atoms with Gasteiger partial charge >= 0.3 is 16.3 Å². The number of carboxylic acids is 1. The number of aliphatic carboxylic acids is 1. The van der Waals surface area contributed by atoms with Gasteiger partial charge in [-0.1, -0.05) is 5.16 Å². The highest BCUT2D eigenvalue weighted by Crippen LogP contribution is 2.24. The summed E-state index contributed by atoms with van der Waals surface area (Å²) >= 11 is 0.924. The van der Waals surface area contributed by atoms with E-state index in [9.17, 15) is 27.2 Å². The number of rotatable bonds is 8. The molecule has 2 atom stereocenters. The molecule has 0 bridgehead atoms. The molecule has 16 heteroatoms. The van der Waals surface area contributed by atoms with Gasteiger partial charge in [-0.15, -0.1) is 11.3 Å². The fraction of sp³-hybridized carbons (Fsp3) is 0.462. The number of amides is 2. The number of nitrogen functional groups attached to an aromatic ring is 1. The van der Waals surface area contributed by atoms with Crippen LogP contribution in [0.2, 0.25) is 0 Å². The molecule has 0 aromatic carbocycles. The molecule has 1 fully saturated rings. The first-order valence-electron chi connectivity index (χ1n) is 7.68. The number of nitrogens with two attached hydrogens (primary N) is 1. The lowest BCUT2D eigenvalue weighted by Crippen LogP contribution is -2.73. The molecule has 0 spiro atoms. The van der Waals surface area contributed by atoms with Gasteiger partial charge in [0.1, 0.15) is 24.5 Å². The first-order chi connectivity index (χ1) is 13.3. The molecule has 29 heavy (non-hydrogen) atoms. The zero-order valence-electron chi connectivity index (χ0n) is 14.9. The molecule has 2 heterocycles. The molecule has 5 N–H and O–H groups in total. The average Bonchev–Trinajstić information content (AvgIpc) is 3.01. The van der Waals surface area contributed by atoms with Crippen molar-refractivity contribution in [2.75, 3.05) is 12.4 Å². The van der Waals surface area contributed by atoms with Gasteiger partial charge in [0.2, 0.25) is 5.60 Å². The van der Waals surface area contributed by atoms with E-state index in [2.05, 4.69) is 15.5 Å². The van der Waals surface area contributed by atoms with E-state index in [0.717, 1.165) is 25.2 Å². The van der Waals surface area contributed by atoms with Crippen molar-refractivity contribution < 1.29 is 41.7 Å². The number of alkyl halides is 1. The SMILES string of the molecule is CC(C)(ON=C(C(=O)N[C@@H]1C(=O)N(S(=O)(=O)O)[C@@H]1CF)c1csc(N)n1)C(=O)O. The van der Waals surface area contributed by atoms with Crippen LogP contribution < -0.4 is 11.1 Å². The van der Waals surface area contributed by atoms with Crippen LogP contribution in [0, 0.1) is 0 Å². The number of halogens is 1. The number of nitrogens with zero attached hydrogens (tertiary/aromatic N) is 3. The third-order valence-electron chi connectivity index (χ3n) is 3.72. The molecule has 1 aliphatic rings. The molecule has 0 radical (unpaired) electrons. The smallest absolute Gasteiger partial charge is 0.362 e. The van der Waals surface area contributed by atoms with Crippen LogP contribution in [0.25, 0.3) is 0 Å². The van der Waals surface area contributed by atoms with Crippen LogP contribution in [-0.2, 0) is 29.5 Å². The Kier molecular flexibility index (Phi) is 6.10. The van der Waals surface area contributed by atoms with Crippen molar-refractivity contribution in [3.63, 3.8) is 0 Å². The van der Waals surface area contributed by atoms with Gasteiger partial charge in [0.25, 0.3) is 11.8 Å². The Labute approximate surface area is 167 Å². The van der Waals surface area contributed by atoms with Gasteiger partial charge in [0, 0.05) is 5.38 Å². The van der Waals surface area contributed by atoms with E-state index in [1.54, 1.807) is 0 Å². The summed E-state index contributed by atoms with van der Waals surface area (Å²) in [5, 5.41) is 15.9. The maximum Gasteiger partial charge on any atom is 0.362 e. The summed E-state index contributed by atoms with van der Waals surface area (Å²) in [4.78, 5) is 44.3. The molecule has 1 aromatic heterocycles. The van der Waals surface area contributed by atoms with E-state index < -0.39 is 58.2 Å². The highest BCUT2D eigenvalue weighted by Gasteiger charge is 2.54. The van der Waals surface area contributed by atoms with Crippen molar-refractivity contribution in [3.8, 4) is 0 Å². The molecule has 13 nitrogen and oxygen atoms in total. The van der Waals surface area contributed by atoms with Crippen LogP contribution in [0.3, 0.4) is 0 Å². The lowest BCUT2D eigenvalue weighted by Gasteiger charge is -2.42. The molecule has 1 saturated heterocycles. The van der Waals surface area contributed by atoms with E-state index >= 15 is 0 Å². The van der Waals surface area contributed by atoms with Crippen molar-refractivity contribution >= 4 is 50.3 Å². The first-order valence-corrected chi connectivity index (χ1v) is 9.95. The van der Waals surface area contributed by atoms with Gasteiger partial charge in [-0.3, -0.25) is 14.1 Å². The number of aromatic nitrogens is 1. The third kappa shape index (κ3) is 4.60. The van der Waals surface area contributed by atoms with E-state index in [-0.39, 0.29) is 15.1 Å². The Morgan fingerprint density at radius 3 is 2.59 bits per heavy atom. The zero-order chi connectivity index (χ0) is 22.1. The minimum Gasteiger partial charge on any atom is -0.478 e. The van der Waals surface area contributed by atoms with E-state index in [1.807, 2.05) is 0 Å². The van der Waals surface area contributed by atoms with E-state index in [0.29, 0.717) is 0 Å². The number of anilines is 1. The normalized spacial score (nSPS) is 20.2. The zero-order valence-corrected chi connectivity index (χ0v) is 16.5. The Hall–Kier alpha value is -2.85. The number of β-lactam (4-membered cyclic amide) rings is 1. The van der Waals surface area contributed by atoms with Crippen molar-refractivity contribution in [2.24, 2.45) is 5.16 Å². The number of carboxylic acid groups (broad SMARTS) is 1. The second kappa shape index (κ2) is 7.88. The number of nitrogens with one attached hydrogen (secondary N) is 1. The predicted molar refractivity (Wildman–Crippen MR) is 96.0 cm³/mol. The molecule has 160 valence electrons. The quantitative estimate of drug-likeness (QED) is 0.160. The van der Waals surface area contributed by atoms with Crippen LogP contribution >= 0.6 is 11.3 Å². The maximum atomic E-state index is 13.1. The predicted octanol–water partition coefficient (Wildman–Crippen LogP) is -1.22. The highest BCUT2D eigenvalue weighted by atomic mass is 32.2. The standard InChI is InChI=1S/C13H16FN5O8S2/c1-13(2,11(22)23)27-18-7(5-4-28-12(15)16-5)9(20)17-8-6(3-14)19(10(8)21)29(24,25)26/h4,6,8H,3H2,1-2H3,(H2,15,16)(H,17,20)(H,22,23)(H,24,25,26)/t6-,8+/m1/s1. The lowest BCUT2D eigenvalue weighted by molar-refractivity contribution is -0.161. The Morgan fingerprint density at radius 1 is 1.52 bits per heavy atom. The average molecular weight is 453 g/mol. The molecule has 0 saturated carbocycles. The number of hydrogen-bond donors (Lipinski definition) is 4. The van der Waals surface area contributed by atoms with Gasteiger partial charge < -0.3 is 21.0 Å². The van der Waals surface area contributed by atoms with Gasteiger partial charge in [-0.2, -0.15) is 8.42 Å². The fourth-order valence-electron chi connectivity index (χ4n) is 2.12.